The molecule has 1 amide bonds. The molecule has 0 radical (unpaired) electrons. The number of aryl methyl sites for hydroxylation is 1. The van der Waals surface area contributed by atoms with Crippen molar-refractivity contribution in [2.75, 3.05) is 11.9 Å². The Morgan fingerprint density at radius 2 is 1.88 bits per heavy atom. The predicted molar refractivity (Wildman–Crippen MR) is 97.0 cm³/mol. The van der Waals surface area contributed by atoms with E-state index in [9.17, 15) is 9.90 Å². The Labute approximate surface area is 145 Å². The zero-order valence-electron chi connectivity index (χ0n) is 14.5. The summed E-state index contributed by atoms with van der Waals surface area (Å²) < 4.78 is 0. The minimum absolute atomic E-state index is 0.148. The molecule has 1 saturated carbocycles. The van der Waals surface area contributed by atoms with E-state index in [1.54, 1.807) is 0 Å². The standard InChI is InChI=1S/C20H30N2O2/c23-18-13-14-21-19(18)20(24)22-17-11-9-16(10-12-17)8-4-7-15-5-2-1-3-6-15/h9-12,15,18-19,21,23H,1-8,13-14H2,(H,22,24). The van der Waals surface area contributed by atoms with Crippen LogP contribution in [0.2, 0.25) is 0 Å². The largest absolute Gasteiger partial charge is 0.391 e. The molecule has 0 aromatic heterocycles. The summed E-state index contributed by atoms with van der Waals surface area (Å²) in [6, 6.07) is 7.66. The molecule has 1 heterocycles. The summed E-state index contributed by atoms with van der Waals surface area (Å²) in [4.78, 5) is 12.1. The van der Waals surface area contributed by atoms with E-state index in [-0.39, 0.29) is 5.91 Å². The third kappa shape index (κ3) is 4.81. The van der Waals surface area contributed by atoms with Crippen molar-refractivity contribution in [3.8, 4) is 0 Å². The second-order valence-electron chi connectivity index (χ2n) is 7.37. The number of carbonyl (C=O) groups is 1. The highest BCUT2D eigenvalue weighted by Crippen LogP contribution is 2.27. The van der Waals surface area contributed by atoms with Crippen molar-refractivity contribution < 1.29 is 9.90 Å². The summed E-state index contributed by atoms with van der Waals surface area (Å²) in [5, 5.41) is 15.7. The highest BCUT2D eigenvalue weighted by atomic mass is 16.3. The first-order valence-electron chi connectivity index (χ1n) is 9.53. The van der Waals surface area contributed by atoms with Crippen molar-refractivity contribution >= 4 is 11.6 Å². The minimum atomic E-state index is -0.580. The number of nitrogens with one attached hydrogen (secondary N) is 2. The molecule has 2 atom stereocenters. The van der Waals surface area contributed by atoms with Crippen LogP contribution < -0.4 is 10.6 Å². The quantitative estimate of drug-likeness (QED) is 0.750. The van der Waals surface area contributed by atoms with Crippen LogP contribution in [0.5, 0.6) is 0 Å². The summed E-state index contributed by atoms with van der Waals surface area (Å²) in [6.45, 7) is 0.694. The second-order valence-corrected chi connectivity index (χ2v) is 7.37. The van der Waals surface area contributed by atoms with E-state index in [1.807, 2.05) is 12.1 Å². The van der Waals surface area contributed by atoms with Crippen molar-refractivity contribution in [3.63, 3.8) is 0 Å². The van der Waals surface area contributed by atoms with E-state index < -0.39 is 12.1 Å². The van der Waals surface area contributed by atoms with Gasteiger partial charge in [0.15, 0.2) is 0 Å². The van der Waals surface area contributed by atoms with Gasteiger partial charge in [-0.25, -0.2) is 0 Å². The molecule has 2 aliphatic rings. The summed E-state index contributed by atoms with van der Waals surface area (Å²) >= 11 is 0. The van der Waals surface area contributed by atoms with Gasteiger partial charge < -0.3 is 15.7 Å². The summed E-state index contributed by atoms with van der Waals surface area (Å²) in [5.41, 5.74) is 2.14. The molecule has 3 N–H and O–H groups in total. The maximum atomic E-state index is 12.1. The van der Waals surface area contributed by atoms with Crippen molar-refractivity contribution in [2.24, 2.45) is 5.92 Å². The Hall–Kier alpha value is -1.39. The van der Waals surface area contributed by atoms with Gasteiger partial charge in [-0.2, -0.15) is 0 Å². The molecule has 24 heavy (non-hydrogen) atoms. The van der Waals surface area contributed by atoms with Gasteiger partial charge in [-0.15, -0.1) is 0 Å². The van der Waals surface area contributed by atoms with E-state index in [1.165, 1.54) is 50.5 Å². The first-order chi connectivity index (χ1) is 11.7. The number of hydrogen-bond donors (Lipinski definition) is 3. The van der Waals surface area contributed by atoms with Crippen LogP contribution in [0.15, 0.2) is 24.3 Å². The number of rotatable bonds is 6. The minimum Gasteiger partial charge on any atom is -0.391 e. The van der Waals surface area contributed by atoms with Gasteiger partial charge >= 0.3 is 0 Å². The summed E-state index contributed by atoms with van der Waals surface area (Å²) in [5.74, 6) is 0.799. The predicted octanol–water partition coefficient (Wildman–Crippen LogP) is 3.25. The van der Waals surface area contributed by atoms with Crippen molar-refractivity contribution in [1.29, 1.82) is 0 Å². The molecule has 2 unspecified atom stereocenters. The lowest BCUT2D eigenvalue weighted by Gasteiger charge is -2.21. The summed E-state index contributed by atoms with van der Waals surface area (Å²) in [6.07, 6.45) is 10.9. The van der Waals surface area contributed by atoms with Crippen LogP contribution in [0, 0.1) is 5.92 Å². The number of amides is 1. The average molecular weight is 330 g/mol. The highest BCUT2D eigenvalue weighted by molar-refractivity contribution is 5.95. The zero-order chi connectivity index (χ0) is 16.8. The molecule has 4 nitrogen and oxygen atoms in total. The number of benzene rings is 1. The topological polar surface area (TPSA) is 61.4 Å². The lowest BCUT2D eigenvalue weighted by atomic mass is 9.85. The molecule has 2 fully saturated rings. The molecule has 1 aliphatic heterocycles. The van der Waals surface area contributed by atoms with Gasteiger partial charge in [0.2, 0.25) is 5.91 Å². The number of hydrogen-bond acceptors (Lipinski definition) is 3. The van der Waals surface area contributed by atoms with Gasteiger partial charge in [0, 0.05) is 5.69 Å². The lowest BCUT2D eigenvalue weighted by molar-refractivity contribution is -0.119. The van der Waals surface area contributed by atoms with Crippen LogP contribution in [0.3, 0.4) is 0 Å². The Balaban J connectivity index is 1.42. The van der Waals surface area contributed by atoms with Gasteiger partial charge in [-0.05, 0) is 49.4 Å². The molecule has 0 bridgehead atoms. The van der Waals surface area contributed by atoms with Gasteiger partial charge in [0.25, 0.3) is 0 Å². The van der Waals surface area contributed by atoms with Gasteiger partial charge in [-0.3, -0.25) is 4.79 Å². The first kappa shape index (κ1) is 17.4. The maximum absolute atomic E-state index is 12.1. The van der Waals surface area contributed by atoms with Gasteiger partial charge in [0.05, 0.1) is 6.10 Å². The average Bonchev–Trinajstić information content (AvgIpc) is 3.04. The number of carbonyl (C=O) groups excluding carboxylic acids is 1. The van der Waals surface area contributed by atoms with Crippen molar-refractivity contribution in [3.05, 3.63) is 29.8 Å². The SMILES string of the molecule is O=C(Nc1ccc(CCCC2CCCCC2)cc1)C1NCCC1O. The molecule has 4 heteroatoms. The highest BCUT2D eigenvalue weighted by Gasteiger charge is 2.30. The first-order valence-corrected chi connectivity index (χ1v) is 9.53. The molecular formula is C20H30N2O2. The summed E-state index contributed by atoms with van der Waals surface area (Å²) in [7, 11) is 0. The van der Waals surface area contributed by atoms with Crippen molar-refractivity contribution in [1.82, 2.24) is 5.32 Å². The Morgan fingerprint density at radius 3 is 2.54 bits per heavy atom. The molecular weight excluding hydrogens is 300 g/mol. The smallest absolute Gasteiger partial charge is 0.244 e. The third-order valence-electron chi connectivity index (χ3n) is 5.50. The molecule has 1 aromatic rings. The molecule has 1 aliphatic carbocycles. The van der Waals surface area contributed by atoms with E-state index in [2.05, 4.69) is 22.8 Å². The maximum Gasteiger partial charge on any atom is 0.244 e. The fourth-order valence-corrected chi connectivity index (χ4v) is 4.00. The molecule has 1 saturated heterocycles. The second kappa shape index (κ2) is 8.63. The van der Waals surface area contributed by atoms with Crippen LogP contribution in [0.1, 0.15) is 56.9 Å². The van der Waals surface area contributed by atoms with Crippen LogP contribution >= 0.6 is 0 Å². The number of aliphatic hydroxyl groups is 1. The Morgan fingerprint density at radius 1 is 1.12 bits per heavy atom. The molecule has 0 spiro atoms. The fraction of sp³-hybridized carbons (Fsp3) is 0.650. The Bertz CT molecular complexity index is 523. The van der Waals surface area contributed by atoms with E-state index >= 15 is 0 Å². The van der Waals surface area contributed by atoms with E-state index in [0.717, 1.165) is 18.0 Å². The Kier molecular flexibility index (Phi) is 6.27. The lowest BCUT2D eigenvalue weighted by Crippen LogP contribution is -2.42. The van der Waals surface area contributed by atoms with Crippen LogP contribution in [-0.2, 0) is 11.2 Å². The number of anilines is 1. The van der Waals surface area contributed by atoms with Crippen LogP contribution in [0.4, 0.5) is 5.69 Å². The fourth-order valence-electron chi connectivity index (χ4n) is 4.00. The monoisotopic (exact) mass is 330 g/mol. The van der Waals surface area contributed by atoms with Gasteiger partial charge in [-0.1, -0.05) is 50.7 Å². The van der Waals surface area contributed by atoms with Gasteiger partial charge in [0.1, 0.15) is 6.04 Å². The third-order valence-corrected chi connectivity index (χ3v) is 5.50. The zero-order valence-corrected chi connectivity index (χ0v) is 14.5. The van der Waals surface area contributed by atoms with E-state index in [0.29, 0.717) is 13.0 Å². The number of aliphatic hydroxyl groups excluding tert-OH is 1. The van der Waals surface area contributed by atoms with Crippen molar-refractivity contribution in [2.45, 2.75) is 69.9 Å². The van der Waals surface area contributed by atoms with Crippen LogP contribution in [-0.4, -0.2) is 29.7 Å². The van der Waals surface area contributed by atoms with E-state index in [4.69, 9.17) is 0 Å². The molecule has 3 rings (SSSR count). The normalized spacial score (nSPS) is 24.9. The molecule has 1 aromatic carbocycles. The molecule has 132 valence electrons. The van der Waals surface area contributed by atoms with Crippen LogP contribution in [0.25, 0.3) is 0 Å².